The van der Waals surface area contributed by atoms with E-state index < -0.39 is 0 Å². The van der Waals surface area contributed by atoms with Crippen molar-refractivity contribution < 1.29 is 9.26 Å². The normalized spacial score (nSPS) is 12.6. The Morgan fingerprint density at radius 2 is 2.28 bits per heavy atom. The van der Waals surface area contributed by atoms with Crippen molar-refractivity contribution in [3.63, 3.8) is 0 Å². The molecule has 1 atom stereocenters. The number of hydrogen-bond acceptors (Lipinski definition) is 5. The van der Waals surface area contributed by atoms with E-state index in [0.29, 0.717) is 23.0 Å². The summed E-state index contributed by atoms with van der Waals surface area (Å²) in [4.78, 5) is 7.19. The molecule has 0 saturated carbocycles. The second-order valence-corrected chi connectivity index (χ2v) is 4.27. The number of H-pyrrole nitrogens is 1. The summed E-state index contributed by atoms with van der Waals surface area (Å²) in [5, 5.41) is 12.7. The van der Waals surface area contributed by atoms with Gasteiger partial charge in [0.25, 0.3) is 5.89 Å². The van der Waals surface area contributed by atoms with E-state index in [-0.39, 0.29) is 12.0 Å². The van der Waals surface area contributed by atoms with E-state index in [2.05, 4.69) is 15.1 Å². The topological polar surface area (TPSA) is 87.7 Å². The molecule has 0 fully saturated rings. The van der Waals surface area contributed by atoms with Crippen LogP contribution in [0.15, 0.2) is 16.8 Å². The second kappa shape index (κ2) is 5.02. The fraction of sp³-hybridized carbons (Fsp3) is 0.417. The number of hydrogen-bond donors (Lipinski definition) is 1. The maximum Gasteiger partial charge on any atom is 0.274 e. The van der Waals surface area contributed by atoms with Gasteiger partial charge in [0, 0.05) is 13.3 Å². The van der Waals surface area contributed by atoms with E-state index in [1.807, 2.05) is 19.9 Å². The van der Waals surface area contributed by atoms with Crippen LogP contribution in [-0.4, -0.2) is 22.2 Å². The molecular formula is C12H14N4O2. The molecule has 0 amide bonds. The molecule has 6 heteroatoms. The maximum absolute atomic E-state index is 8.75. The molecule has 0 aromatic carbocycles. The molecule has 0 aliphatic heterocycles. The minimum absolute atomic E-state index is 0.201. The van der Waals surface area contributed by atoms with Crippen LogP contribution in [0.1, 0.15) is 31.3 Å². The third-order valence-corrected chi connectivity index (χ3v) is 2.60. The molecule has 2 rings (SSSR count). The maximum atomic E-state index is 8.75. The highest BCUT2D eigenvalue weighted by Crippen LogP contribution is 2.25. The van der Waals surface area contributed by atoms with Crippen LogP contribution in [0.4, 0.5) is 0 Å². The van der Waals surface area contributed by atoms with Gasteiger partial charge in [-0.2, -0.15) is 10.2 Å². The van der Waals surface area contributed by atoms with Crippen molar-refractivity contribution in [1.29, 1.82) is 5.26 Å². The minimum Gasteiger partial charge on any atom is -0.373 e. The number of nitrogens with zero attached hydrogens (tertiary/aromatic N) is 3. The van der Waals surface area contributed by atoms with Crippen LogP contribution in [0.3, 0.4) is 0 Å². The van der Waals surface area contributed by atoms with Gasteiger partial charge in [-0.25, -0.2) is 0 Å². The van der Waals surface area contributed by atoms with Gasteiger partial charge in [0.05, 0.1) is 5.56 Å². The van der Waals surface area contributed by atoms with E-state index in [9.17, 15) is 0 Å². The second-order valence-electron chi connectivity index (χ2n) is 4.27. The van der Waals surface area contributed by atoms with E-state index in [1.165, 1.54) is 0 Å². The zero-order valence-electron chi connectivity index (χ0n) is 10.5. The van der Waals surface area contributed by atoms with Gasteiger partial charge in [-0.05, 0) is 12.0 Å². The lowest BCUT2D eigenvalue weighted by Crippen LogP contribution is -2.10. The van der Waals surface area contributed by atoms with Crippen LogP contribution in [0.25, 0.3) is 11.6 Å². The first-order chi connectivity index (χ1) is 8.65. The van der Waals surface area contributed by atoms with Crippen LogP contribution in [0.5, 0.6) is 0 Å². The van der Waals surface area contributed by atoms with Crippen molar-refractivity contribution in [2.24, 2.45) is 5.92 Å². The summed E-state index contributed by atoms with van der Waals surface area (Å²) < 4.78 is 10.5. The Kier molecular flexibility index (Phi) is 3.44. The van der Waals surface area contributed by atoms with Gasteiger partial charge in [0.15, 0.2) is 0 Å². The van der Waals surface area contributed by atoms with E-state index in [1.54, 1.807) is 19.4 Å². The van der Waals surface area contributed by atoms with Crippen molar-refractivity contribution in [2.75, 3.05) is 7.11 Å². The molecule has 2 aromatic heterocycles. The molecule has 2 aromatic rings. The molecule has 0 aliphatic carbocycles. The Bertz CT molecular complexity index is 565. The van der Waals surface area contributed by atoms with Gasteiger partial charge in [0.2, 0.25) is 5.82 Å². The summed E-state index contributed by atoms with van der Waals surface area (Å²) >= 11 is 0. The molecule has 0 bridgehead atoms. The fourth-order valence-corrected chi connectivity index (χ4v) is 1.72. The Labute approximate surface area is 105 Å². The van der Waals surface area contributed by atoms with Gasteiger partial charge in [-0.1, -0.05) is 19.0 Å². The van der Waals surface area contributed by atoms with Gasteiger partial charge in [0.1, 0.15) is 17.9 Å². The van der Waals surface area contributed by atoms with Crippen LogP contribution in [0.2, 0.25) is 0 Å². The summed E-state index contributed by atoms with van der Waals surface area (Å²) in [6.45, 7) is 4.04. The highest BCUT2D eigenvalue weighted by Gasteiger charge is 2.22. The van der Waals surface area contributed by atoms with Gasteiger partial charge in [-0.15, -0.1) is 0 Å². The molecular weight excluding hydrogens is 232 g/mol. The third-order valence-electron chi connectivity index (χ3n) is 2.60. The first-order valence-corrected chi connectivity index (χ1v) is 5.61. The lowest BCUT2D eigenvalue weighted by Gasteiger charge is -2.14. The molecule has 0 radical (unpaired) electrons. The average molecular weight is 246 g/mol. The first-order valence-electron chi connectivity index (χ1n) is 5.61. The van der Waals surface area contributed by atoms with Crippen molar-refractivity contribution in [2.45, 2.75) is 20.0 Å². The average Bonchev–Trinajstić information content (AvgIpc) is 2.96. The standard InChI is InChI=1S/C12H14N4O2/c1-7(2)10(17-3)11-15-12(18-16-11)9-4-8(5-13)6-14-9/h4,6-7,10,14H,1-3H3. The number of rotatable bonds is 4. The zero-order chi connectivity index (χ0) is 13.1. The number of ether oxygens (including phenoxy) is 1. The lowest BCUT2D eigenvalue weighted by molar-refractivity contribution is 0.0556. The fourth-order valence-electron chi connectivity index (χ4n) is 1.72. The summed E-state index contributed by atoms with van der Waals surface area (Å²) in [5.74, 6) is 1.11. The first kappa shape index (κ1) is 12.3. The molecule has 1 N–H and O–H groups in total. The summed E-state index contributed by atoms with van der Waals surface area (Å²) in [6.07, 6.45) is 1.39. The Hall–Kier alpha value is -2.13. The number of nitrogens with one attached hydrogen (secondary N) is 1. The van der Waals surface area contributed by atoms with Gasteiger partial charge in [-0.3, -0.25) is 0 Å². The monoisotopic (exact) mass is 246 g/mol. The number of nitriles is 1. The predicted octanol–water partition coefficient (Wildman–Crippen LogP) is 2.28. The number of methoxy groups -OCH3 is 1. The molecule has 0 spiro atoms. The summed E-state index contributed by atoms with van der Waals surface area (Å²) in [7, 11) is 1.61. The van der Waals surface area contributed by atoms with E-state index in [4.69, 9.17) is 14.5 Å². The quantitative estimate of drug-likeness (QED) is 0.894. The molecule has 6 nitrogen and oxygen atoms in total. The Morgan fingerprint density at radius 1 is 1.50 bits per heavy atom. The van der Waals surface area contributed by atoms with Crippen LogP contribution >= 0.6 is 0 Å². The molecule has 0 saturated heterocycles. The molecule has 18 heavy (non-hydrogen) atoms. The highest BCUT2D eigenvalue weighted by atomic mass is 16.5. The minimum atomic E-state index is -0.201. The van der Waals surface area contributed by atoms with Crippen LogP contribution in [0, 0.1) is 17.2 Å². The number of aromatic amines is 1. The Morgan fingerprint density at radius 3 is 2.83 bits per heavy atom. The Balaban J connectivity index is 2.27. The summed E-state index contributed by atoms with van der Waals surface area (Å²) in [6, 6.07) is 3.69. The van der Waals surface area contributed by atoms with Crippen LogP contribution < -0.4 is 0 Å². The highest BCUT2D eigenvalue weighted by molar-refractivity contribution is 5.51. The van der Waals surface area contributed by atoms with E-state index in [0.717, 1.165) is 0 Å². The zero-order valence-corrected chi connectivity index (χ0v) is 10.5. The molecule has 0 aliphatic rings. The SMILES string of the molecule is COC(c1noc(-c2cc(C#N)c[nH]2)n1)C(C)C. The lowest BCUT2D eigenvalue weighted by atomic mass is 10.1. The summed E-state index contributed by atoms with van der Waals surface area (Å²) in [5.41, 5.74) is 1.15. The molecule has 94 valence electrons. The van der Waals surface area contributed by atoms with Crippen LogP contribution in [-0.2, 0) is 4.74 Å². The third kappa shape index (κ3) is 2.26. The van der Waals surface area contributed by atoms with Gasteiger partial charge < -0.3 is 14.2 Å². The van der Waals surface area contributed by atoms with Crippen molar-refractivity contribution in [3.05, 3.63) is 23.7 Å². The van der Waals surface area contributed by atoms with Crippen molar-refractivity contribution >= 4 is 0 Å². The van der Waals surface area contributed by atoms with Crippen molar-refractivity contribution in [3.8, 4) is 17.7 Å². The predicted molar refractivity (Wildman–Crippen MR) is 63.4 cm³/mol. The molecule has 1 unspecified atom stereocenters. The van der Waals surface area contributed by atoms with Gasteiger partial charge >= 0.3 is 0 Å². The molecule has 2 heterocycles. The largest absolute Gasteiger partial charge is 0.373 e. The van der Waals surface area contributed by atoms with E-state index >= 15 is 0 Å². The smallest absolute Gasteiger partial charge is 0.274 e. The number of aromatic nitrogens is 3. The van der Waals surface area contributed by atoms with Crippen molar-refractivity contribution in [1.82, 2.24) is 15.1 Å².